The Morgan fingerprint density at radius 3 is 2.24 bits per heavy atom. The average molecular weight is 351 g/mol. The van der Waals surface area contributed by atoms with Crippen LogP contribution in [0.25, 0.3) is 0 Å². The molecule has 6 heteroatoms. The third-order valence-corrected chi connectivity index (χ3v) is 3.54. The van der Waals surface area contributed by atoms with Gasteiger partial charge >= 0.3 is 12.1 Å². The zero-order valence-electron chi connectivity index (χ0n) is 15.8. The van der Waals surface area contributed by atoms with Gasteiger partial charge in [-0.2, -0.15) is 0 Å². The van der Waals surface area contributed by atoms with Gasteiger partial charge in [-0.1, -0.05) is 18.6 Å². The molecule has 1 amide bonds. The Kier molecular flexibility index (Phi) is 8.25. The van der Waals surface area contributed by atoms with Gasteiger partial charge in [0.05, 0.1) is 14.2 Å². The van der Waals surface area contributed by atoms with Crippen LogP contribution in [0.4, 0.5) is 4.79 Å². The van der Waals surface area contributed by atoms with E-state index in [2.05, 4.69) is 5.32 Å². The van der Waals surface area contributed by atoms with Crippen molar-refractivity contribution >= 4 is 12.1 Å². The maximum Gasteiger partial charge on any atom is 0.408 e. The van der Waals surface area contributed by atoms with Crippen LogP contribution in [-0.2, 0) is 20.7 Å². The Labute approximate surface area is 149 Å². The Bertz CT molecular complexity index is 548. The summed E-state index contributed by atoms with van der Waals surface area (Å²) in [7, 11) is 2.95. The van der Waals surface area contributed by atoms with E-state index in [1.54, 1.807) is 27.9 Å². The van der Waals surface area contributed by atoms with Crippen molar-refractivity contribution in [3.8, 4) is 5.75 Å². The maximum atomic E-state index is 11.9. The number of esters is 1. The van der Waals surface area contributed by atoms with E-state index in [1.165, 1.54) is 12.7 Å². The van der Waals surface area contributed by atoms with Gasteiger partial charge < -0.3 is 19.5 Å². The van der Waals surface area contributed by atoms with Gasteiger partial charge in [-0.15, -0.1) is 0 Å². The number of carbonyl (C=O) groups is 2. The van der Waals surface area contributed by atoms with Crippen LogP contribution in [0.2, 0.25) is 0 Å². The first kappa shape index (κ1) is 20.8. The highest BCUT2D eigenvalue weighted by atomic mass is 16.6. The summed E-state index contributed by atoms with van der Waals surface area (Å²) < 4.78 is 15.1. The number of methoxy groups -OCH3 is 2. The highest BCUT2D eigenvalue weighted by Crippen LogP contribution is 2.14. The van der Waals surface area contributed by atoms with E-state index in [0.29, 0.717) is 6.42 Å². The zero-order valence-corrected chi connectivity index (χ0v) is 15.8. The zero-order chi connectivity index (χ0) is 18.9. The van der Waals surface area contributed by atoms with Gasteiger partial charge in [0.15, 0.2) is 0 Å². The van der Waals surface area contributed by atoms with Crippen molar-refractivity contribution in [2.75, 3.05) is 14.2 Å². The molecule has 1 N–H and O–H groups in total. The number of rotatable bonds is 8. The van der Waals surface area contributed by atoms with Crippen molar-refractivity contribution in [2.45, 2.75) is 58.1 Å². The fraction of sp³-hybridized carbons (Fsp3) is 0.579. The van der Waals surface area contributed by atoms with E-state index in [0.717, 1.165) is 25.0 Å². The first-order valence-corrected chi connectivity index (χ1v) is 8.45. The molecule has 1 aromatic carbocycles. The standard InChI is InChI=1S/C19H29NO5/c1-19(2,3)25-18(22)20-16(17(21)24-5)9-7-6-8-14-10-12-15(23-4)13-11-14/h10-13,16H,6-9H2,1-5H3,(H,20,22)/t16-/m0/s1. The molecule has 1 rings (SSSR count). The summed E-state index contributed by atoms with van der Waals surface area (Å²) in [6, 6.07) is 7.20. The minimum Gasteiger partial charge on any atom is -0.497 e. The SMILES string of the molecule is COC(=O)[C@H](CCCCc1ccc(OC)cc1)NC(=O)OC(C)(C)C. The number of aryl methyl sites for hydroxylation is 1. The fourth-order valence-corrected chi connectivity index (χ4v) is 2.31. The molecule has 140 valence electrons. The van der Waals surface area contributed by atoms with E-state index in [1.807, 2.05) is 24.3 Å². The van der Waals surface area contributed by atoms with E-state index in [4.69, 9.17) is 14.2 Å². The summed E-state index contributed by atoms with van der Waals surface area (Å²) in [5.74, 6) is 0.367. The summed E-state index contributed by atoms with van der Waals surface area (Å²) in [4.78, 5) is 23.7. The summed E-state index contributed by atoms with van der Waals surface area (Å²) in [5.41, 5.74) is 0.592. The molecule has 6 nitrogen and oxygen atoms in total. The number of unbranched alkanes of at least 4 members (excludes halogenated alkanes) is 1. The van der Waals surface area contributed by atoms with Crippen LogP contribution in [0.5, 0.6) is 5.75 Å². The maximum absolute atomic E-state index is 11.9. The molecule has 0 radical (unpaired) electrons. The highest BCUT2D eigenvalue weighted by Gasteiger charge is 2.24. The molecule has 0 aliphatic rings. The van der Waals surface area contributed by atoms with Crippen LogP contribution in [0.15, 0.2) is 24.3 Å². The number of hydrogen-bond acceptors (Lipinski definition) is 5. The predicted molar refractivity (Wildman–Crippen MR) is 95.7 cm³/mol. The Morgan fingerprint density at radius 1 is 1.08 bits per heavy atom. The molecule has 0 spiro atoms. The van der Waals surface area contributed by atoms with Gasteiger partial charge in [0.2, 0.25) is 0 Å². The minimum atomic E-state index is -0.698. The lowest BCUT2D eigenvalue weighted by atomic mass is 10.0. The number of benzene rings is 1. The van der Waals surface area contributed by atoms with Crippen molar-refractivity contribution in [3.63, 3.8) is 0 Å². The van der Waals surface area contributed by atoms with Crippen molar-refractivity contribution < 1.29 is 23.8 Å². The summed E-state index contributed by atoms with van der Waals surface area (Å²) in [6.07, 6.45) is 2.46. The van der Waals surface area contributed by atoms with Crippen LogP contribution in [0.1, 0.15) is 45.6 Å². The lowest BCUT2D eigenvalue weighted by Crippen LogP contribution is -2.44. The fourth-order valence-electron chi connectivity index (χ4n) is 2.31. The molecule has 1 aromatic rings. The molecule has 0 aliphatic carbocycles. The number of carbonyl (C=O) groups excluding carboxylic acids is 2. The largest absolute Gasteiger partial charge is 0.497 e. The first-order chi connectivity index (χ1) is 11.7. The van der Waals surface area contributed by atoms with Gasteiger partial charge in [-0.3, -0.25) is 0 Å². The van der Waals surface area contributed by atoms with Crippen LogP contribution in [0, 0.1) is 0 Å². The lowest BCUT2D eigenvalue weighted by molar-refractivity contribution is -0.143. The third kappa shape index (κ3) is 8.42. The van der Waals surface area contributed by atoms with Gasteiger partial charge in [0, 0.05) is 0 Å². The Morgan fingerprint density at radius 2 is 1.72 bits per heavy atom. The quantitative estimate of drug-likeness (QED) is 0.573. The number of amides is 1. The highest BCUT2D eigenvalue weighted by molar-refractivity contribution is 5.81. The van der Waals surface area contributed by atoms with Crippen molar-refractivity contribution in [2.24, 2.45) is 0 Å². The molecular formula is C19H29NO5. The van der Waals surface area contributed by atoms with Gasteiger partial charge in [0.25, 0.3) is 0 Å². The summed E-state index contributed by atoms with van der Waals surface area (Å²) >= 11 is 0. The summed E-state index contributed by atoms with van der Waals surface area (Å²) in [5, 5.41) is 2.59. The smallest absolute Gasteiger partial charge is 0.408 e. The van der Waals surface area contributed by atoms with Gasteiger partial charge in [0.1, 0.15) is 17.4 Å². The lowest BCUT2D eigenvalue weighted by Gasteiger charge is -2.22. The van der Waals surface area contributed by atoms with Crippen molar-refractivity contribution in [1.82, 2.24) is 5.32 Å². The molecule has 1 atom stereocenters. The molecule has 0 unspecified atom stereocenters. The van der Waals surface area contributed by atoms with Gasteiger partial charge in [-0.25, -0.2) is 9.59 Å². The van der Waals surface area contributed by atoms with E-state index in [9.17, 15) is 9.59 Å². The number of alkyl carbamates (subject to hydrolysis) is 1. The molecule has 0 fully saturated rings. The Balaban J connectivity index is 2.44. The van der Waals surface area contributed by atoms with Crippen molar-refractivity contribution in [1.29, 1.82) is 0 Å². The predicted octanol–water partition coefficient (Wildman–Crippen LogP) is 3.47. The molecule has 25 heavy (non-hydrogen) atoms. The third-order valence-electron chi connectivity index (χ3n) is 3.54. The topological polar surface area (TPSA) is 73.9 Å². The minimum absolute atomic E-state index is 0.463. The monoisotopic (exact) mass is 351 g/mol. The van der Waals surface area contributed by atoms with Gasteiger partial charge in [-0.05, 0) is 57.7 Å². The molecule has 0 saturated carbocycles. The number of hydrogen-bond donors (Lipinski definition) is 1. The van der Waals surface area contributed by atoms with Crippen molar-refractivity contribution in [3.05, 3.63) is 29.8 Å². The average Bonchev–Trinajstić information content (AvgIpc) is 2.55. The van der Waals surface area contributed by atoms with E-state index >= 15 is 0 Å². The number of nitrogens with one attached hydrogen (secondary N) is 1. The molecule has 0 heterocycles. The first-order valence-electron chi connectivity index (χ1n) is 8.45. The molecule has 0 bridgehead atoms. The van der Waals surface area contributed by atoms with Crippen LogP contribution >= 0.6 is 0 Å². The second-order valence-electron chi connectivity index (χ2n) is 6.82. The van der Waals surface area contributed by atoms with E-state index < -0.39 is 23.7 Å². The van der Waals surface area contributed by atoms with E-state index in [-0.39, 0.29) is 0 Å². The van der Waals surface area contributed by atoms with Crippen LogP contribution in [-0.4, -0.2) is 37.9 Å². The number of ether oxygens (including phenoxy) is 3. The van der Waals surface area contributed by atoms with Crippen LogP contribution in [0.3, 0.4) is 0 Å². The molecule has 0 aliphatic heterocycles. The second kappa shape index (κ2) is 9.91. The second-order valence-corrected chi connectivity index (χ2v) is 6.82. The Hall–Kier alpha value is -2.24. The van der Waals surface area contributed by atoms with Crippen LogP contribution < -0.4 is 10.1 Å². The summed E-state index contributed by atoms with van der Waals surface area (Å²) in [6.45, 7) is 5.32. The molecule has 0 saturated heterocycles. The molecule has 0 aromatic heterocycles. The molecular weight excluding hydrogens is 322 g/mol. The normalized spacial score (nSPS) is 12.2.